The van der Waals surface area contributed by atoms with Gasteiger partial charge in [0.05, 0.1) is 5.39 Å². The topological polar surface area (TPSA) is 59.8 Å². The normalized spacial score (nSPS) is 11.5. The summed E-state index contributed by atoms with van der Waals surface area (Å²) in [5.41, 5.74) is 3.83. The number of hydrogen-bond acceptors (Lipinski definition) is 3. The van der Waals surface area contributed by atoms with Crippen molar-refractivity contribution in [1.29, 1.82) is 0 Å². The predicted octanol–water partition coefficient (Wildman–Crippen LogP) is 4.47. The van der Waals surface area contributed by atoms with Gasteiger partial charge < -0.3 is 9.88 Å². The third-order valence-corrected chi connectivity index (χ3v) is 4.48. The summed E-state index contributed by atoms with van der Waals surface area (Å²) in [5.74, 6) is 1.04. The Morgan fingerprint density at radius 2 is 1.84 bits per heavy atom. The largest absolute Gasteiger partial charge is 0.335 e. The van der Waals surface area contributed by atoms with Gasteiger partial charge in [-0.3, -0.25) is 4.79 Å². The van der Waals surface area contributed by atoms with E-state index in [4.69, 9.17) is 0 Å². The molecular formula is C20H24N4O. The minimum atomic E-state index is -0.130. The van der Waals surface area contributed by atoms with Crippen molar-refractivity contribution < 1.29 is 4.79 Å². The van der Waals surface area contributed by atoms with Crippen LogP contribution in [0, 0.1) is 0 Å². The Bertz CT molecular complexity index is 925. The number of benzene rings is 1. The molecule has 1 amide bonds. The lowest BCUT2D eigenvalue weighted by Crippen LogP contribution is -2.17. The van der Waals surface area contributed by atoms with E-state index >= 15 is 0 Å². The van der Waals surface area contributed by atoms with Crippen molar-refractivity contribution in [2.24, 2.45) is 7.05 Å². The fourth-order valence-electron chi connectivity index (χ4n) is 3.28. The molecule has 0 radical (unpaired) electrons. The highest BCUT2D eigenvalue weighted by molar-refractivity contribution is 6.08. The van der Waals surface area contributed by atoms with Gasteiger partial charge in [0.2, 0.25) is 0 Å². The summed E-state index contributed by atoms with van der Waals surface area (Å²) in [6.07, 6.45) is 3.39. The number of aromatic nitrogens is 3. The minimum Gasteiger partial charge on any atom is -0.335 e. The zero-order valence-electron chi connectivity index (χ0n) is 15.4. The van der Waals surface area contributed by atoms with Crippen LogP contribution in [0.15, 0.2) is 36.8 Å². The molecule has 0 aliphatic heterocycles. The summed E-state index contributed by atoms with van der Waals surface area (Å²) < 4.78 is 1.91. The molecule has 1 N–H and O–H groups in total. The molecule has 0 bridgehead atoms. The lowest BCUT2D eigenvalue weighted by molar-refractivity contribution is 0.102. The lowest BCUT2D eigenvalue weighted by Gasteiger charge is -2.19. The fraction of sp³-hybridized carbons (Fsp3) is 0.350. The van der Waals surface area contributed by atoms with Crippen LogP contribution < -0.4 is 5.32 Å². The van der Waals surface area contributed by atoms with Crippen molar-refractivity contribution in [2.45, 2.75) is 39.5 Å². The molecule has 0 spiro atoms. The SMILES string of the molecule is CC(C)c1cccc(C(=O)Nc2ncnc3c2ccn3C)c1C(C)C. The molecule has 3 aromatic rings. The molecular weight excluding hydrogens is 312 g/mol. The van der Waals surface area contributed by atoms with Crippen molar-refractivity contribution >= 4 is 22.8 Å². The van der Waals surface area contributed by atoms with Crippen LogP contribution in [0.5, 0.6) is 0 Å². The van der Waals surface area contributed by atoms with E-state index in [1.54, 1.807) is 0 Å². The zero-order valence-corrected chi connectivity index (χ0v) is 15.4. The van der Waals surface area contributed by atoms with E-state index in [1.807, 2.05) is 36.0 Å². The summed E-state index contributed by atoms with van der Waals surface area (Å²) in [5, 5.41) is 3.81. The molecule has 1 aromatic carbocycles. The van der Waals surface area contributed by atoms with Crippen LogP contribution in [0.3, 0.4) is 0 Å². The van der Waals surface area contributed by atoms with E-state index in [-0.39, 0.29) is 11.8 Å². The predicted molar refractivity (Wildman–Crippen MR) is 101 cm³/mol. The van der Waals surface area contributed by atoms with Crippen molar-refractivity contribution in [3.05, 3.63) is 53.5 Å². The molecule has 0 aliphatic carbocycles. The van der Waals surface area contributed by atoms with Crippen LogP contribution >= 0.6 is 0 Å². The van der Waals surface area contributed by atoms with E-state index in [2.05, 4.69) is 49.0 Å². The van der Waals surface area contributed by atoms with Gasteiger partial charge in [-0.25, -0.2) is 9.97 Å². The second kappa shape index (κ2) is 6.67. The second-order valence-electron chi connectivity index (χ2n) is 6.96. The molecule has 0 unspecified atom stereocenters. The van der Waals surface area contributed by atoms with E-state index in [1.165, 1.54) is 11.9 Å². The number of anilines is 1. The fourth-order valence-corrected chi connectivity index (χ4v) is 3.28. The molecule has 0 atom stereocenters. The second-order valence-corrected chi connectivity index (χ2v) is 6.96. The van der Waals surface area contributed by atoms with Gasteiger partial charge in [0, 0.05) is 18.8 Å². The first kappa shape index (κ1) is 17.1. The quantitative estimate of drug-likeness (QED) is 0.765. The maximum Gasteiger partial charge on any atom is 0.257 e. The molecule has 0 aliphatic rings. The molecule has 3 rings (SSSR count). The van der Waals surface area contributed by atoms with Gasteiger partial charge in [0.1, 0.15) is 17.8 Å². The number of carbonyl (C=O) groups is 1. The first-order valence-electron chi connectivity index (χ1n) is 8.60. The number of carbonyl (C=O) groups excluding carboxylic acids is 1. The van der Waals surface area contributed by atoms with E-state index in [0.29, 0.717) is 17.3 Å². The Hall–Kier alpha value is -2.69. The van der Waals surface area contributed by atoms with Gasteiger partial charge >= 0.3 is 0 Å². The molecule has 2 aromatic heterocycles. The first-order chi connectivity index (χ1) is 11.9. The number of nitrogens with zero attached hydrogens (tertiary/aromatic N) is 3. The van der Waals surface area contributed by atoms with Gasteiger partial charge in [0.25, 0.3) is 5.91 Å². The summed E-state index contributed by atoms with van der Waals surface area (Å²) in [4.78, 5) is 21.5. The molecule has 2 heterocycles. The molecule has 5 heteroatoms. The summed E-state index contributed by atoms with van der Waals surface area (Å²) in [6, 6.07) is 7.86. The Kier molecular flexibility index (Phi) is 4.57. The van der Waals surface area contributed by atoms with Gasteiger partial charge in [-0.15, -0.1) is 0 Å². The minimum absolute atomic E-state index is 0.130. The van der Waals surface area contributed by atoms with Crippen molar-refractivity contribution in [3.8, 4) is 0 Å². The number of amides is 1. The average Bonchev–Trinajstić information content (AvgIpc) is 2.96. The standard InChI is InChI=1S/C20H24N4O/c1-12(2)14-7-6-8-15(17(14)13(3)4)20(25)23-18-16-9-10-24(5)19(16)22-11-21-18/h6-13H,1-5H3,(H,21,22,23,25). The monoisotopic (exact) mass is 336 g/mol. The van der Waals surface area contributed by atoms with Crippen molar-refractivity contribution in [3.63, 3.8) is 0 Å². The molecule has 130 valence electrons. The molecule has 0 saturated heterocycles. The van der Waals surface area contributed by atoms with Crippen LogP contribution in [0.4, 0.5) is 5.82 Å². The summed E-state index contributed by atoms with van der Waals surface area (Å²) >= 11 is 0. The smallest absolute Gasteiger partial charge is 0.257 e. The molecule has 0 fully saturated rings. The third-order valence-electron chi connectivity index (χ3n) is 4.48. The average molecular weight is 336 g/mol. The highest BCUT2D eigenvalue weighted by Gasteiger charge is 2.20. The summed E-state index contributed by atoms with van der Waals surface area (Å²) in [7, 11) is 1.92. The first-order valence-corrected chi connectivity index (χ1v) is 8.60. The van der Waals surface area contributed by atoms with Gasteiger partial charge in [-0.2, -0.15) is 0 Å². The van der Waals surface area contributed by atoms with Gasteiger partial charge in [-0.1, -0.05) is 39.8 Å². The van der Waals surface area contributed by atoms with Crippen LogP contribution in [0.25, 0.3) is 11.0 Å². The maximum absolute atomic E-state index is 13.0. The number of aryl methyl sites for hydroxylation is 1. The Morgan fingerprint density at radius 3 is 2.52 bits per heavy atom. The van der Waals surface area contributed by atoms with Gasteiger partial charge in [-0.05, 0) is 35.1 Å². The number of fused-ring (bicyclic) bond motifs is 1. The van der Waals surface area contributed by atoms with Crippen LogP contribution in [-0.4, -0.2) is 20.4 Å². The van der Waals surface area contributed by atoms with E-state index in [0.717, 1.165) is 16.6 Å². The molecule has 5 nitrogen and oxygen atoms in total. The Balaban J connectivity index is 2.03. The van der Waals surface area contributed by atoms with Crippen molar-refractivity contribution in [2.75, 3.05) is 5.32 Å². The van der Waals surface area contributed by atoms with E-state index < -0.39 is 0 Å². The van der Waals surface area contributed by atoms with Crippen LogP contribution in [-0.2, 0) is 7.05 Å². The molecule has 25 heavy (non-hydrogen) atoms. The third kappa shape index (κ3) is 3.14. The highest BCUT2D eigenvalue weighted by atomic mass is 16.1. The molecule has 0 saturated carbocycles. The lowest BCUT2D eigenvalue weighted by atomic mass is 9.86. The van der Waals surface area contributed by atoms with Crippen LogP contribution in [0.2, 0.25) is 0 Å². The van der Waals surface area contributed by atoms with Crippen molar-refractivity contribution in [1.82, 2.24) is 14.5 Å². The Labute approximate surface area is 148 Å². The zero-order chi connectivity index (χ0) is 18.1. The Morgan fingerprint density at radius 1 is 1.08 bits per heavy atom. The number of nitrogens with one attached hydrogen (secondary N) is 1. The van der Waals surface area contributed by atoms with E-state index in [9.17, 15) is 4.79 Å². The summed E-state index contributed by atoms with van der Waals surface area (Å²) in [6.45, 7) is 8.55. The van der Waals surface area contributed by atoms with Gasteiger partial charge in [0.15, 0.2) is 0 Å². The number of rotatable bonds is 4. The highest BCUT2D eigenvalue weighted by Crippen LogP contribution is 2.30. The number of hydrogen-bond donors (Lipinski definition) is 1. The maximum atomic E-state index is 13.0. The van der Waals surface area contributed by atoms with Crippen LogP contribution in [0.1, 0.15) is 61.0 Å².